The molecule has 20 heavy (non-hydrogen) atoms. The summed E-state index contributed by atoms with van der Waals surface area (Å²) in [6, 6.07) is 9.80. The number of aliphatic hydroxyl groups is 1. The number of esters is 1. The van der Waals surface area contributed by atoms with E-state index in [1.165, 1.54) is 12.7 Å². The SMILES string of the molecule is COC(=O)[C@H]([Se]c1ccccc1)[C@H](O)CCC=C(C)C. The molecule has 0 saturated carbocycles. The van der Waals surface area contributed by atoms with Crippen LogP contribution in [0.5, 0.6) is 0 Å². The van der Waals surface area contributed by atoms with Crippen molar-refractivity contribution in [3.63, 3.8) is 0 Å². The van der Waals surface area contributed by atoms with Crippen molar-refractivity contribution in [2.75, 3.05) is 7.11 Å². The Hall–Kier alpha value is -1.09. The second kappa shape index (κ2) is 8.96. The average molecular weight is 341 g/mol. The van der Waals surface area contributed by atoms with Crippen LogP contribution in [0.2, 0.25) is 4.82 Å². The fourth-order valence-electron chi connectivity index (χ4n) is 1.74. The van der Waals surface area contributed by atoms with Crippen molar-refractivity contribution in [3.05, 3.63) is 42.0 Å². The fourth-order valence-corrected chi connectivity index (χ4v) is 4.03. The van der Waals surface area contributed by atoms with Crippen molar-refractivity contribution in [1.82, 2.24) is 0 Å². The Morgan fingerprint density at radius 1 is 1.35 bits per heavy atom. The van der Waals surface area contributed by atoms with Gasteiger partial charge in [0.1, 0.15) is 0 Å². The summed E-state index contributed by atoms with van der Waals surface area (Å²) in [7, 11) is 1.37. The van der Waals surface area contributed by atoms with Crippen LogP contribution in [-0.2, 0) is 9.53 Å². The van der Waals surface area contributed by atoms with Gasteiger partial charge >= 0.3 is 127 Å². The van der Waals surface area contributed by atoms with Gasteiger partial charge in [0, 0.05) is 0 Å². The average Bonchev–Trinajstić information content (AvgIpc) is 2.44. The second-order valence-electron chi connectivity index (χ2n) is 4.80. The van der Waals surface area contributed by atoms with Crippen molar-refractivity contribution in [2.24, 2.45) is 0 Å². The molecule has 0 fully saturated rings. The number of rotatable bonds is 7. The first-order chi connectivity index (χ1) is 9.54. The van der Waals surface area contributed by atoms with Crippen LogP contribution >= 0.6 is 0 Å². The number of benzene rings is 1. The van der Waals surface area contributed by atoms with Crippen LogP contribution in [0, 0.1) is 0 Å². The molecule has 1 rings (SSSR count). The molecule has 0 radical (unpaired) electrons. The number of aliphatic hydroxyl groups excluding tert-OH is 1. The summed E-state index contributed by atoms with van der Waals surface area (Å²) < 4.78 is 5.93. The minimum atomic E-state index is -0.654. The quantitative estimate of drug-likeness (QED) is 0.469. The molecule has 2 atom stereocenters. The van der Waals surface area contributed by atoms with E-state index < -0.39 is 10.9 Å². The molecule has 110 valence electrons. The van der Waals surface area contributed by atoms with Gasteiger partial charge in [-0.3, -0.25) is 0 Å². The van der Waals surface area contributed by atoms with E-state index in [-0.39, 0.29) is 20.9 Å². The van der Waals surface area contributed by atoms with Crippen LogP contribution in [0.1, 0.15) is 26.7 Å². The van der Waals surface area contributed by atoms with Crippen LogP contribution in [-0.4, -0.2) is 39.2 Å². The van der Waals surface area contributed by atoms with E-state index in [0.717, 1.165) is 10.9 Å². The molecule has 0 aliphatic carbocycles. The third-order valence-electron chi connectivity index (χ3n) is 2.80. The summed E-state index contributed by atoms with van der Waals surface area (Å²) >= 11 is -0.126. The van der Waals surface area contributed by atoms with Gasteiger partial charge in [0.05, 0.1) is 0 Å². The third kappa shape index (κ3) is 5.91. The molecular formula is C16H22O3Se. The van der Waals surface area contributed by atoms with Crippen LogP contribution < -0.4 is 4.46 Å². The van der Waals surface area contributed by atoms with Gasteiger partial charge in [-0.25, -0.2) is 0 Å². The van der Waals surface area contributed by atoms with Gasteiger partial charge in [-0.2, -0.15) is 0 Å². The van der Waals surface area contributed by atoms with Gasteiger partial charge < -0.3 is 0 Å². The molecular weight excluding hydrogens is 319 g/mol. The fraction of sp³-hybridized carbons (Fsp3) is 0.438. The van der Waals surface area contributed by atoms with Gasteiger partial charge in [-0.15, -0.1) is 0 Å². The van der Waals surface area contributed by atoms with E-state index in [1.807, 2.05) is 44.2 Å². The first-order valence-corrected chi connectivity index (χ1v) is 8.50. The minimum absolute atomic E-state index is 0.126. The first-order valence-electron chi connectivity index (χ1n) is 6.65. The van der Waals surface area contributed by atoms with E-state index in [0.29, 0.717) is 6.42 Å². The van der Waals surface area contributed by atoms with Crippen molar-refractivity contribution in [1.29, 1.82) is 0 Å². The number of allylic oxidation sites excluding steroid dienone is 2. The molecule has 0 saturated heterocycles. The summed E-state index contributed by atoms with van der Waals surface area (Å²) in [5, 5.41) is 10.3. The number of hydrogen-bond acceptors (Lipinski definition) is 3. The summed E-state index contributed by atoms with van der Waals surface area (Å²) in [4.78, 5) is 11.4. The molecule has 0 amide bonds. The normalized spacial score (nSPS) is 13.4. The summed E-state index contributed by atoms with van der Waals surface area (Å²) in [5.74, 6) is -0.321. The molecule has 0 spiro atoms. The number of carbonyl (C=O) groups excluding carboxylic acids is 1. The molecule has 1 N–H and O–H groups in total. The zero-order valence-electron chi connectivity index (χ0n) is 12.2. The Labute approximate surface area is 127 Å². The monoisotopic (exact) mass is 342 g/mol. The van der Waals surface area contributed by atoms with Crippen LogP contribution in [0.25, 0.3) is 0 Å². The molecule has 0 heterocycles. The topological polar surface area (TPSA) is 46.5 Å². The maximum absolute atomic E-state index is 11.9. The van der Waals surface area contributed by atoms with Crippen molar-refractivity contribution < 1.29 is 14.6 Å². The third-order valence-corrected chi connectivity index (χ3v) is 5.54. The maximum atomic E-state index is 11.9. The summed E-state index contributed by atoms with van der Waals surface area (Å²) in [6.45, 7) is 4.05. The molecule has 0 aromatic heterocycles. The Bertz CT molecular complexity index is 438. The van der Waals surface area contributed by atoms with E-state index in [4.69, 9.17) is 4.74 Å². The number of carbonyl (C=O) groups is 1. The molecule has 1 aromatic carbocycles. The zero-order chi connectivity index (χ0) is 15.0. The van der Waals surface area contributed by atoms with Crippen LogP contribution in [0.15, 0.2) is 42.0 Å². The standard InChI is InChI=1S/C16H22O3Se/c1-12(2)8-7-11-14(17)15(16(18)19-3)20-13-9-5-4-6-10-13/h4-6,8-10,14-15,17H,7,11H2,1-3H3/t14-,15-/m1/s1. The molecule has 1 aromatic rings. The number of hydrogen-bond donors (Lipinski definition) is 1. The van der Waals surface area contributed by atoms with Gasteiger partial charge in [0.2, 0.25) is 0 Å². The first kappa shape index (κ1) is 17.0. The molecule has 0 unspecified atom stereocenters. The molecule has 0 bridgehead atoms. The van der Waals surface area contributed by atoms with Gasteiger partial charge in [0.15, 0.2) is 0 Å². The Kier molecular flexibility index (Phi) is 7.60. The van der Waals surface area contributed by atoms with Crippen molar-refractivity contribution in [3.8, 4) is 0 Å². The Morgan fingerprint density at radius 2 is 2.00 bits per heavy atom. The predicted octanol–water partition coefficient (Wildman–Crippen LogP) is 2.08. The zero-order valence-corrected chi connectivity index (χ0v) is 13.9. The Morgan fingerprint density at radius 3 is 2.55 bits per heavy atom. The molecule has 0 aliphatic heterocycles. The van der Waals surface area contributed by atoms with E-state index >= 15 is 0 Å². The summed E-state index contributed by atoms with van der Waals surface area (Å²) in [5.41, 5.74) is 1.22. The molecule has 0 aliphatic rings. The van der Waals surface area contributed by atoms with E-state index in [1.54, 1.807) is 0 Å². The van der Waals surface area contributed by atoms with E-state index in [9.17, 15) is 9.90 Å². The number of ether oxygens (including phenoxy) is 1. The van der Waals surface area contributed by atoms with Gasteiger partial charge in [-0.05, 0) is 0 Å². The van der Waals surface area contributed by atoms with Crippen LogP contribution in [0.4, 0.5) is 0 Å². The predicted molar refractivity (Wildman–Crippen MR) is 82.3 cm³/mol. The number of methoxy groups -OCH3 is 1. The second-order valence-corrected chi connectivity index (χ2v) is 7.35. The van der Waals surface area contributed by atoms with Crippen LogP contribution in [0.3, 0.4) is 0 Å². The van der Waals surface area contributed by atoms with E-state index in [2.05, 4.69) is 6.08 Å². The van der Waals surface area contributed by atoms with Gasteiger partial charge in [0.25, 0.3) is 0 Å². The summed E-state index contributed by atoms with van der Waals surface area (Å²) in [6.07, 6.45) is 2.78. The van der Waals surface area contributed by atoms with Crippen molar-refractivity contribution in [2.45, 2.75) is 37.6 Å². The molecule has 4 heteroatoms. The Balaban J connectivity index is 2.68. The van der Waals surface area contributed by atoms with Gasteiger partial charge in [-0.1, -0.05) is 0 Å². The van der Waals surface area contributed by atoms with Crippen molar-refractivity contribution >= 4 is 25.4 Å². The molecule has 3 nitrogen and oxygen atoms in total.